The molecule has 2 aliphatic heterocycles. The second-order valence-electron chi connectivity index (χ2n) is 9.12. The number of piperidine rings is 1. The van der Waals surface area contributed by atoms with E-state index in [-0.39, 0.29) is 5.91 Å². The molecule has 5 heteroatoms. The molecule has 0 aliphatic carbocycles. The van der Waals surface area contributed by atoms with Crippen molar-refractivity contribution in [3.8, 4) is 11.8 Å². The van der Waals surface area contributed by atoms with Crippen LogP contribution in [0.3, 0.4) is 0 Å². The molecule has 168 valence electrons. The number of para-hydroxylation sites is 2. The molecule has 0 spiro atoms. The van der Waals surface area contributed by atoms with Gasteiger partial charge in [-0.05, 0) is 70.3 Å². The van der Waals surface area contributed by atoms with Crippen molar-refractivity contribution in [2.75, 3.05) is 18.0 Å². The summed E-state index contributed by atoms with van der Waals surface area (Å²) in [5.41, 5.74) is 2.20. The third kappa shape index (κ3) is 4.81. The molecule has 0 saturated carbocycles. The lowest BCUT2D eigenvalue weighted by Gasteiger charge is -2.39. The lowest BCUT2D eigenvalue weighted by atomic mass is 9.97. The van der Waals surface area contributed by atoms with Crippen LogP contribution in [0.1, 0.15) is 69.6 Å². The predicted molar refractivity (Wildman–Crippen MR) is 127 cm³/mol. The summed E-state index contributed by atoms with van der Waals surface area (Å²) in [5, 5.41) is 9.06. The van der Waals surface area contributed by atoms with Gasteiger partial charge in [-0.25, -0.2) is 0 Å². The first-order valence-electron chi connectivity index (χ1n) is 11.9. The van der Waals surface area contributed by atoms with Crippen LogP contribution in [-0.4, -0.2) is 36.0 Å². The molecule has 0 bridgehead atoms. The number of ether oxygens (including phenoxy) is 1. The van der Waals surface area contributed by atoms with Crippen LogP contribution in [-0.2, 0) is 4.79 Å². The zero-order chi connectivity index (χ0) is 22.5. The van der Waals surface area contributed by atoms with Gasteiger partial charge in [0.05, 0.1) is 17.3 Å². The van der Waals surface area contributed by atoms with Crippen LogP contribution in [0.25, 0.3) is 0 Å². The van der Waals surface area contributed by atoms with Crippen molar-refractivity contribution in [3.63, 3.8) is 0 Å². The van der Waals surface area contributed by atoms with Gasteiger partial charge in [0.15, 0.2) is 0 Å². The van der Waals surface area contributed by atoms with Gasteiger partial charge in [0.25, 0.3) is 5.91 Å². The van der Waals surface area contributed by atoms with Gasteiger partial charge in [-0.3, -0.25) is 9.69 Å². The molecule has 5 nitrogen and oxygen atoms in total. The van der Waals surface area contributed by atoms with Crippen molar-refractivity contribution >= 4 is 11.6 Å². The topological polar surface area (TPSA) is 56.6 Å². The van der Waals surface area contributed by atoms with E-state index in [1.54, 1.807) is 12.1 Å². The Kier molecular flexibility index (Phi) is 7.12. The average Bonchev–Trinajstić information content (AvgIpc) is 2.81. The van der Waals surface area contributed by atoms with Gasteiger partial charge in [0.2, 0.25) is 6.10 Å². The van der Waals surface area contributed by atoms with E-state index in [1.807, 2.05) is 41.3 Å². The molecule has 32 heavy (non-hydrogen) atoms. The number of amides is 1. The van der Waals surface area contributed by atoms with Crippen molar-refractivity contribution in [2.24, 2.45) is 0 Å². The number of unbranched alkanes of at least 4 members (excludes halogenated alkanes) is 2. The maximum atomic E-state index is 13.4. The standard InChI is InChI=1S/C27H33N3O2/c1-20-9-8-10-21(2)29(20)17-6-3-7-18-30-24-11-4-5-12-25(24)32-26(27(30)31)23-15-13-22(19-28)14-16-23/h4-5,11-16,20-21,26H,3,6-10,17-18H2,1-2H3. The zero-order valence-electron chi connectivity index (χ0n) is 19.2. The summed E-state index contributed by atoms with van der Waals surface area (Å²) in [6, 6.07) is 18.3. The third-order valence-corrected chi connectivity index (χ3v) is 6.91. The Bertz CT molecular complexity index is 956. The van der Waals surface area contributed by atoms with Crippen LogP contribution in [0.15, 0.2) is 48.5 Å². The number of hydrogen-bond acceptors (Lipinski definition) is 4. The highest BCUT2D eigenvalue weighted by atomic mass is 16.5. The van der Waals surface area contributed by atoms with Crippen LogP contribution in [0.5, 0.6) is 5.75 Å². The predicted octanol–water partition coefficient (Wildman–Crippen LogP) is 5.46. The Hall–Kier alpha value is -2.84. The first kappa shape index (κ1) is 22.4. The minimum atomic E-state index is -0.673. The quantitative estimate of drug-likeness (QED) is 0.547. The number of rotatable bonds is 7. The van der Waals surface area contributed by atoms with Crippen LogP contribution in [0, 0.1) is 11.3 Å². The third-order valence-electron chi connectivity index (χ3n) is 6.91. The maximum Gasteiger partial charge on any atom is 0.272 e. The number of nitrogens with zero attached hydrogens (tertiary/aromatic N) is 3. The normalized spacial score (nSPS) is 23.3. The molecule has 3 atom stereocenters. The molecule has 2 aromatic rings. The van der Waals surface area contributed by atoms with Crippen LogP contribution in [0.2, 0.25) is 0 Å². The average molecular weight is 432 g/mol. The Morgan fingerprint density at radius 2 is 1.66 bits per heavy atom. The Morgan fingerprint density at radius 1 is 0.969 bits per heavy atom. The van der Waals surface area contributed by atoms with E-state index in [0.29, 0.717) is 24.2 Å². The van der Waals surface area contributed by atoms with Crippen molar-refractivity contribution in [3.05, 3.63) is 59.7 Å². The Balaban J connectivity index is 1.39. The van der Waals surface area contributed by atoms with Crippen LogP contribution >= 0.6 is 0 Å². The smallest absolute Gasteiger partial charge is 0.272 e. The molecule has 0 radical (unpaired) electrons. The first-order valence-corrected chi connectivity index (χ1v) is 11.9. The summed E-state index contributed by atoms with van der Waals surface area (Å²) in [4.78, 5) is 17.9. The number of hydrogen-bond donors (Lipinski definition) is 0. The number of carbonyl (C=O) groups excluding carboxylic acids is 1. The van der Waals surface area contributed by atoms with E-state index in [1.165, 1.54) is 19.3 Å². The molecule has 4 rings (SSSR count). The number of anilines is 1. The molecule has 1 saturated heterocycles. The number of benzene rings is 2. The van der Waals surface area contributed by atoms with Crippen molar-refractivity contribution < 1.29 is 9.53 Å². The van der Waals surface area contributed by atoms with Gasteiger partial charge < -0.3 is 9.64 Å². The van der Waals surface area contributed by atoms with E-state index in [2.05, 4.69) is 24.8 Å². The SMILES string of the molecule is CC1CCCC(C)N1CCCCCN1C(=O)C(c2ccc(C#N)cc2)Oc2ccccc21. The van der Waals surface area contributed by atoms with E-state index >= 15 is 0 Å². The molecule has 2 aromatic carbocycles. The Labute approximate surface area is 191 Å². The fourth-order valence-corrected chi connectivity index (χ4v) is 5.05. The van der Waals surface area contributed by atoms with Gasteiger partial charge in [-0.15, -0.1) is 0 Å². The fourth-order valence-electron chi connectivity index (χ4n) is 5.05. The van der Waals surface area contributed by atoms with Gasteiger partial charge in [-0.1, -0.05) is 37.1 Å². The van der Waals surface area contributed by atoms with Crippen LogP contribution < -0.4 is 9.64 Å². The summed E-state index contributed by atoms with van der Waals surface area (Å²) in [6.45, 7) is 6.53. The maximum absolute atomic E-state index is 13.4. The monoisotopic (exact) mass is 431 g/mol. The Morgan fingerprint density at radius 3 is 2.38 bits per heavy atom. The molecule has 1 fully saturated rings. The fraction of sp³-hybridized carbons (Fsp3) is 0.481. The summed E-state index contributed by atoms with van der Waals surface area (Å²) in [7, 11) is 0. The second-order valence-corrected chi connectivity index (χ2v) is 9.12. The minimum Gasteiger partial charge on any atom is -0.474 e. The lowest BCUT2D eigenvalue weighted by Crippen LogP contribution is -2.44. The molecular weight excluding hydrogens is 398 g/mol. The molecule has 0 aromatic heterocycles. The number of carbonyl (C=O) groups is 1. The summed E-state index contributed by atoms with van der Waals surface area (Å²) in [5.74, 6) is 0.698. The highest BCUT2D eigenvalue weighted by molar-refractivity contribution is 6.00. The van der Waals surface area contributed by atoms with Gasteiger partial charge in [0.1, 0.15) is 5.75 Å². The zero-order valence-corrected chi connectivity index (χ0v) is 19.2. The van der Waals surface area contributed by atoms with E-state index in [4.69, 9.17) is 10.00 Å². The molecule has 3 unspecified atom stereocenters. The molecule has 2 heterocycles. The van der Waals surface area contributed by atoms with E-state index in [9.17, 15) is 4.79 Å². The first-order chi connectivity index (χ1) is 15.6. The molecular formula is C27H33N3O2. The second kappa shape index (κ2) is 10.2. The number of fused-ring (bicyclic) bond motifs is 1. The van der Waals surface area contributed by atoms with E-state index < -0.39 is 6.10 Å². The van der Waals surface area contributed by atoms with Gasteiger partial charge >= 0.3 is 0 Å². The summed E-state index contributed by atoms with van der Waals surface area (Å²) >= 11 is 0. The molecule has 1 amide bonds. The van der Waals surface area contributed by atoms with Gasteiger partial charge in [0, 0.05) is 24.2 Å². The summed E-state index contributed by atoms with van der Waals surface area (Å²) in [6.07, 6.45) is 6.51. The van der Waals surface area contributed by atoms with Crippen molar-refractivity contribution in [1.82, 2.24) is 4.90 Å². The molecule has 2 aliphatic rings. The highest BCUT2D eigenvalue weighted by Crippen LogP contribution is 2.39. The molecule has 0 N–H and O–H groups in total. The van der Waals surface area contributed by atoms with Crippen molar-refractivity contribution in [1.29, 1.82) is 5.26 Å². The number of nitriles is 1. The lowest BCUT2D eigenvalue weighted by molar-refractivity contribution is -0.126. The summed E-state index contributed by atoms with van der Waals surface area (Å²) < 4.78 is 6.08. The number of likely N-dealkylation sites (tertiary alicyclic amines) is 1. The highest BCUT2D eigenvalue weighted by Gasteiger charge is 2.35. The minimum absolute atomic E-state index is 0.0355. The van der Waals surface area contributed by atoms with Crippen molar-refractivity contribution in [2.45, 2.75) is 70.6 Å². The van der Waals surface area contributed by atoms with Gasteiger partial charge in [-0.2, -0.15) is 5.26 Å². The van der Waals surface area contributed by atoms with E-state index in [0.717, 1.165) is 42.8 Å². The van der Waals surface area contributed by atoms with Crippen LogP contribution in [0.4, 0.5) is 5.69 Å². The largest absolute Gasteiger partial charge is 0.474 e.